The summed E-state index contributed by atoms with van der Waals surface area (Å²) in [5.41, 5.74) is 3.26. The number of carbonyl (C=O) groups is 2. The van der Waals surface area contributed by atoms with Crippen molar-refractivity contribution in [3.05, 3.63) is 64.5 Å². The van der Waals surface area contributed by atoms with Gasteiger partial charge < -0.3 is 9.84 Å². The first-order chi connectivity index (χ1) is 13.5. The topological polar surface area (TPSA) is 79.7 Å². The van der Waals surface area contributed by atoms with E-state index in [4.69, 9.17) is 9.72 Å². The number of fused-ring (bicyclic) bond motifs is 1. The summed E-state index contributed by atoms with van der Waals surface area (Å²) in [7, 11) is 0. The van der Waals surface area contributed by atoms with Crippen molar-refractivity contribution in [3.63, 3.8) is 0 Å². The summed E-state index contributed by atoms with van der Waals surface area (Å²) in [6.45, 7) is 1.32. The number of nitrogens with zero attached hydrogens (tertiary/aromatic N) is 2. The molecule has 0 spiro atoms. The third-order valence-corrected chi connectivity index (χ3v) is 5.48. The van der Waals surface area contributed by atoms with E-state index in [0.29, 0.717) is 11.4 Å². The Morgan fingerprint density at radius 1 is 1.29 bits per heavy atom. The van der Waals surface area contributed by atoms with Gasteiger partial charge in [-0.3, -0.25) is 9.69 Å². The molecule has 4 rings (SSSR count). The van der Waals surface area contributed by atoms with Crippen molar-refractivity contribution in [2.45, 2.75) is 19.4 Å². The van der Waals surface area contributed by atoms with Crippen LogP contribution in [0.15, 0.2) is 53.9 Å². The van der Waals surface area contributed by atoms with E-state index in [1.807, 2.05) is 29.6 Å². The van der Waals surface area contributed by atoms with E-state index in [-0.39, 0.29) is 12.5 Å². The molecule has 1 unspecified atom stereocenters. The van der Waals surface area contributed by atoms with Crippen LogP contribution >= 0.6 is 11.3 Å². The summed E-state index contributed by atoms with van der Waals surface area (Å²) in [4.78, 5) is 29.7. The van der Waals surface area contributed by atoms with Crippen LogP contribution in [0.5, 0.6) is 5.75 Å². The van der Waals surface area contributed by atoms with Gasteiger partial charge in [-0.2, -0.15) is 0 Å². The summed E-state index contributed by atoms with van der Waals surface area (Å²) in [5.74, 6) is -0.941. The zero-order chi connectivity index (χ0) is 19.7. The van der Waals surface area contributed by atoms with Crippen LogP contribution in [-0.2, 0) is 16.0 Å². The van der Waals surface area contributed by atoms with E-state index in [1.54, 1.807) is 23.5 Å². The van der Waals surface area contributed by atoms with E-state index in [0.717, 1.165) is 22.7 Å². The predicted molar refractivity (Wildman–Crippen MR) is 107 cm³/mol. The van der Waals surface area contributed by atoms with Gasteiger partial charge in [0.15, 0.2) is 6.61 Å². The van der Waals surface area contributed by atoms with Crippen molar-refractivity contribution in [2.75, 3.05) is 11.5 Å². The number of carboxylic acid groups (broad SMARTS) is 1. The van der Waals surface area contributed by atoms with Crippen molar-refractivity contribution in [3.8, 4) is 17.0 Å². The summed E-state index contributed by atoms with van der Waals surface area (Å²) in [6, 6.07) is 14.5. The molecule has 1 atom stereocenters. The Bertz CT molecular complexity index is 1030. The maximum atomic E-state index is 12.3. The SMILES string of the molecule is CC(C(=O)O)N1C(=O)COc2ccc(-c3csc(Cc4ccccc4)n3)cc21. The molecule has 7 heteroatoms. The summed E-state index contributed by atoms with van der Waals surface area (Å²) in [6.07, 6.45) is 0.750. The highest BCUT2D eigenvalue weighted by atomic mass is 32.1. The highest BCUT2D eigenvalue weighted by Crippen LogP contribution is 2.37. The Morgan fingerprint density at radius 3 is 2.82 bits per heavy atom. The van der Waals surface area contributed by atoms with Gasteiger partial charge in [0, 0.05) is 17.4 Å². The smallest absolute Gasteiger partial charge is 0.326 e. The molecule has 0 saturated heterocycles. The summed E-state index contributed by atoms with van der Waals surface area (Å²) < 4.78 is 5.47. The molecule has 2 aromatic carbocycles. The molecule has 142 valence electrons. The molecule has 1 aliphatic rings. The molecule has 1 amide bonds. The van der Waals surface area contributed by atoms with Gasteiger partial charge in [-0.1, -0.05) is 30.3 Å². The number of hydrogen-bond donors (Lipinski definition) is 1. The molecule has 0 saturated carbocycles. The monoisotopic (exact) mass is 394 g/mol. The van der Waals surface area contributed by atoms with Crippen molar-refractivity contribution in [2.24, 2.45) is 0 Å². The zero-order valence-electron chi connectivity index (χ0n) is 15.2. The molecule has 6 nitrogen and oxygen atoms in total. The lowest BCUT2D eigenvalue weighted by atomic mass is 10.1. The van der Waals surface area contributed by atoms with Crippen molar-refractivity contribution < 1.29 is 19.4 Å². The van der Waals surface area contributed by atoms with Crippen LogP contribution in [0.2, 0.25) is 0 Å². The number of carbonyl (C=O) groups excluding carboxylic acids is 1. The Morgan fingerprint density at radius 2 is 2.07 bits per heavy atom. The highest BCUT2D eigenvalue weighted by molar-refractivity contribution is 7.10. The number of hydrogen-bond acceptors (Lipinski definition) is 5. The zero-order valence-corrected chi connectivity index (χ0v) is 16.0. The van der Waals surface area contributed by atoms with Crippen molar-refractivity contribution in [1.82, 2.24) is 4.98 Å². The van der Waals surface area contributed by atoms with Gasteiger partial charge in [-0.15, -0.1) is 11.3 Å². The minimum atomic E-state index is -1.06. The van der Waals surface area contributed by atoms with Crippen molar-refractivity contribution >= 4 is 28.9 Å². The van der Waals surface area contributed by atoms with Crippen molar-refractivity contribution in [1.29, 1.82) is 0 Å². The van der Waals surface area contributed by atoms with Crippen LogP contribution < -0.4 is 9.64 Å². The number of benzene rings is 2. The molecule has 28 heavy (non-hydrogen) atoms. The average Bonchev–Trinajstić information content (AvgIpc) is 3.16. The summed E-state index contributed by atoms with van der Waals surface area (Å²) >= 11 is 1.57. The number of aliphatic carboxylic acids is 1. The fourth-order valence-electron chi connectivity index (χ4n) is 3.16. The molecule has 2 heterocycles. The first kappa shape index (κ1) is 18.2. The van der Waals surface area contributed by atoms with Gasteiger partial charge in [0.2, 0.25) is 0 Å². The van der Waals surface area contributed by atoms with E-state index in [9.17, 15) is 14.7 Å². The predicted octanol–water partition coefficient (Wildman–Crippen LogP) is 3.60. The number of ether oxygens (including phenoxy) is 1. The molecule has 0 aliphatic carbocycles. The Labute approximate surface area is 166 Å². The van der Waals surface area contributed by atoms with Crippen LogP contribution in [0.4, 0.5) is 5.69 Å². The fourth-order valence-corrected chi connectivity index (χ4v) is 4.00. The Balaban J connectivity index is 1.65. The lowest BCUT2D eigenvalue weighted by Gasteiger charge is -2.32. The fraction of sp³-hybridized carbons (Fsp3) is 0.190. The van der Waals surface area contributed by atoms with E-state index in [2.05, 4.69) is 12.1 Å². The molecule has 3 aromatic rings. The van der Waals surface area contributed by atoms with Gasteiger partial charge in [0.1, 0.15) is 11.8 Å². The van der Waals surface area contributed by atoms with Gasteiger partial charge in [-0.05, 0) is 30.7 Å². The molecule has 1 N–H and O–H groups in total. The normalized spacial score (nSPS) is 14.3. The van der Waals surface area contributed by atoms with E-state index < -0.39 is 12.0 Å². The van der Waals surface area contributed by atoms with E-state index >= 15 is 0 Å². The quantitative estimate of drug-likeness (QED) is 0.715. The first-order valence-corrected chi connectivity index (χ1v) is 9.71. The van der Waals surface area contributed by atoms with Gasteiger partial charge in [-0.25, -0.2) is 9.78 Å². The minimum Gasteiger partial charge on any atom is -0.482 e. The third kappa shape index (κ3) is 3.48. The lowest BCUT2D eigenvalue weighted by Crippen LogP contribution is -2.48. The lowest BCUT2D eigenvalue weighted by molar-refractivity contribution is -0.140. The second kappa shape index (κ2) is 7.44. The van der Waals surface area contributed by atoms with Crippen LogP contribution in [0.25, 0.3) is 11.3 Å². The van der Waals surface area contributed by atoms with Crippen LogP contribution in [0.3, 0.4) is 0 Å². The Kier molecular flexibility index (Phi) is 4.83. The maximum Gasteiger partial charge on any atom is 0.326 e. The molecular weight excluding hydrogens is 376 g/mol. The molecule has 0 radical (unpaired) electrons. The molecule has 1 aliphatic heterocycles. The third-order valence-electron chi connectivity index (χ3n) is 4.63. The summed E-state index contributed by atoms with van der Waals surface area (Å²) in [5, 5.41) is 12.3. The van der Waals surface area contributed by atoms with Gasteiger partial charge >= 0.3 is 5.97 Å². The van der Waals surface area contributed by atoms with Crippen LogP contribution in [0, 0.1) is 0 Å². The second-order valence-corrected chi connectivity index (χ2v) is 7.48. The molecular formula is C21H18N2O4S. The molecule has 0 fully saturated rings. The number of amides is 1. The molecule has 0 bridgehead atoms. The van der Waals surface area contributed by atoms with Crippen LogP contribution in [-0.4, -0.2) is 34.6 Å². The number of aromatic nitrogens is 1. The number of carboxylic acids is 1. The standard InChI is InChI=1S/C21H18N2O4S/c1-13(21(25)26)23-17-10-15(7-8-18(17)27-11-20(23)24)16-12-28-19(22-16)9-14-5-3-2-4-6-14/h2-8,10,12-13H,9,11H2,1H3,(H,25,26). The number of thiazole rings is 1. The number of anilines is 1. The molecule has 1 aromatic heterocycles. The number of rotatable bonds is 5. The van der Waals surface area contributed by atoms with Crippen LogP contribution in [0.1, 0.15) is 17.5 Å². The maximum absolute atomic E-state index is 12.3. The van der Waals surface area contributed by atoms with E-state index in [1.165, 1.54) is 17.4 Å². The Hall–Kier alpha value is -3.19. The highest BCUT2D eigenvalue weighted by Gasteiger charge is 2.33. The van der Waals surface area contributed by atoms with Gasteiger partial charge in [0.25, 0.3) is 5.91 Å². The minimum absolute atomic E-state index is 0.165. The first-order valence-electron chi connectivity index (χ1n) is 8.83. The average molecular weight is 394 g/mol. The van der Waals surface area contributed by atoms with Gasteiger partial charge in [0.05, 0.1) is 16.4 Å². The largest absolute Gasteiger partial charge is 0.482 e. The second-order valence-electron chi connectivity index (χ2n) is 6.54.